The van der Waals surface area contributed by atoms with Crippen LogP contribution < -0.4 is 5.32 Å². The van der Waals surface area contributed by atoms with E-state index in [4.69, 9.17) is 4.42 Å². The molecule has 2 aromatic rings. The topological polar surface area (TPSA) is 51.0 Å². The number of nitrogens with one attached hydrogen (secondary N) is 1. The monoisotopic (exact) mass is 203 g/mol. The average molecular weight is 203 g/mol. The maximum Gasteiger partial charge on any atom is 0.105 e. The maximum absolute atomic E-state index is 5.22. The van der Waals surface area contributed by atoms with Gasteiger partial charge in [-0.25, -0.2) is 0 Å². The van der Waals surface area contributed by atoms with Crippen LogP contribution in [0.2, 0.25) is 0 Å². The molecule has 0 saturated carbocycles. The van der Waals surface area contributed by atoms with E-state index in [1.807, 2.05) is 12.1 Å². The largest absolute Gasteiger partial charge is 0.469 e. The third-order valence-electron chi connectivity index (χ3n) is 2.05. The van der Waals surface area contributed by atoms with Gasteiger partial charge in [0.15, 0.2) is 0 Å². The lowest BCUT2D eigenvalue weighted by Crippen LogP contribution is -2.17. The first kappa shape index (κ1) is 9.86. The Labute approximate surface area is 88.4 Å². The summed E-state index contributed by atoms with van der Waals surface area (Å²) in [6.45, 7) is 1.62. The van der Waals surface area contributed by atoms with Crippen LogP contribution in [0.15, 0.2) is 41.4 Å². The van der Waals surface area contributed by atoms with E-state index in [9.17, 15) is 0 Å². The van der Waals surface area contributed by atoms with Crippen LogP contribution >= 0.6 is 0 Å². The van der Waals surface area contributed by atoms with Crippen LogP contribution in [0.25, 0.3) is 0 Å². The Morgan fingerprint density at radius 3 is 3.07 bits per heavy atom. The molecule has 2 heterocycles. The van der Waals surface area contributed by atoms with Gasteiger partial charge in [-0.05, 0) is 12.1 Å². The summed E-state index contributed by atoms with van der Waals surface area (Å²) in [5, 5.41) is 3.28. The molecule has 0 aliphatic heterocycles. The predicted octanol–water partition coefficient (Wildman–Crippen LogP) is 1.40. The van der Waals surface area contributed by atoms with Crippen LogP contribution in [0, 0.1) is 0 Å². The van der Waals surface area contributed by atoms with Gasteiger partial charge in [0.25, 0.3) is 0 Å². The zero-order valence-corrected chi connectivity index (χ0v) is 8.39. The van der Waals surface area contributed by atoms with Crippen LogP contribution in [0.1, 0.15) is 11.5 Å². The van der Waals surface area contributed by atoms with Gasteiger partial charge in [0, 0.05) is 38.1 Å². The van der Waals surface area contributed by atoms with Gasteiger partial charge in [-0.1, -0.05) is 0 Å². The van der Waals surface area contributed by atoms with Gasteiger partial charge in [-0.15, -0.1) is 0 Å². The van der Waals surface area contributed by atoms with Crippen molar-refractivity contribution in [3.63, 3.8) is 0 Å². The molecule has 0 spiro atoms. The first-order chi connectivity index (χ1) is 7.45. The predicted molar refractivity (Wildman–Crippen MR) is 56.2 cm³/mol. The molecule has 15 heavy (non-hydrogen) atoms. The van der Waals surface area contributed by atoms with Gasteiger partial charge in [0.1, 0.15) is 5.76 Å². The number of hydrogen-bond donors (Lipinski definition) is 1. The number of aromatic nitrogens is 2. The number of furan rings is 1. The standard InChI is InChI=1S/C11H13N3O/c1-2-11(15-7-1)3-4-12-8-10-9-13-5-6-14-10/h1-2,5-7,9,12H,3-4,8H2. The molecule has 0 atom stereocenters. The molecule has 78 valence electrons. The number of nitrogens with zero attached hydrogens (tertiary/aromatic N) is 2. The molecule has 0 fully saturated rings. The van der Waals surface area contributed by atoms with Crippen LogP contribution in [-0.4, -0.2) is 16.5 Å². The van der Waals surface area contributed by atoms with Crippen LogP contribution in [-0.2, 0) is 13.0 Å². The van der Waals surface area contributed by atoms with E-state index in [1.54, 1.807) is 24.9 Å². The summed E-state index contributed by atoms with van der Waals surface area (Å²) in [6, 6.07) is 3.88. The summed E-state index contributed by atoms with van der Waals surface area (Å²) in [6.07, 6.45) is 7.72. The lowest BCUT2D eigenvalue weighted by atomic mass is 10.3. The van der Waals surface area contributed by atoms with E-state index in [1.165, 1.54) is 0 Å². The molecule has 2 rings (SSSR count). The van der Waals surface area contributed by atoms with Crippen molar-refractivity contribution >= 4 is 0 Å². The van der Waals surface area contributed by atoms with Crippen molar-refractivity contribution in [2.45, 2.75) is 13.0 Å². The van der Waals surface area contributed by atoms with E-state index in [-0.39, 0.29) is 0 Å². The van der Waals surface area contributed by atoms with Crippen molar-refractivity contribution in [1.82, 2.24) is 15.3 Å². The molecule has 4 heteroatoms. The molecule has 1 N–H and O–H groups in total. The number of rotatable bonds is 5. The average Bonchev–Trinajstić information content (AvgIpc) is 2.79. The molecule has 0 aliphatic carbocycles. The second-order valence-corrected chi connectivity index (χ2v) is 3.20. The van der Waals surface area contributed by atoms with Crippen molar-refractivity contribution in [2.24, 2.45) is 0 Å². The Balaban J connectivity index is 1.68. The molecule has 0 amide bonds. The van der Waals surface area contributed by atoms with E-state index >= 15 is 0 Å². The molecular weight excluding hydrogens is 190 g/mol. The van der Waals surface area contributed by atoms with E-state index in [0.29, 0.717) is 0 Å². The van der Waals surface area contributed by atoms with Gasteiger partial charge >= 0.3 is 0 Å². The Kier molecular flexibility index (Phi) is 3.46. The van der Waals surface area contributed by atoms with Crippen molar-refractivity contribution in [2.75, 3.05) is 6.54 Å². The van der Waals surface area contributed by atoms with Gasteiger partial charge in [-0.3, -0.25) is 9.97 Å². The van der Waals surface area contributed by atoms with Crippen molar-refractivity contribution in [3.05, 3.63) is 48.4 Å². The summed E-state index contributed by atoms with van der Waals surface area (Å²) < 4.78 is 5.22. The third kappa shape index (κ3) is 3.18. The maximum atomic E-state index is 5.22. The molecule has 0 radical (unpaired) electrons. The molecule has 0 saturated heterocycles. The summed E-state index contributed by atoms with van der Waals surface area (Å²) in [7, 11) is 0. The SMILES string of the molecule is c1coc(CCNCc2cnccn2)c1. The smallest absolute Gasteiger partial charge is 0.105 e. The Hall–Kier alpha value is -1.68. The highest BCUT2D eigenvalue weighted by Gasteiger charge is 1.96. The summed E-state index contributed by atoms with van der Waals surface area (Å²) in [5.41, 5.74) is 0.956. The minimum absolute atomic E-state index is 0.745. The highest BCUT2D eigenvalue weighted by atomic mass is 16.3. The van der Waals surface area contributed by atoms with Crippen LogP contribution in [0.3, 0.4) is 0 Å². The number of hydrogen-bond acceptors (Lipinski definition) is 4. The second-order valence-electron chi connectivity index (χ2n) is 3.20. The van der Waals surface area contributed by atoms with Crippen molar-refractivity contribution in [1.29, 1.82) is 0 Å². The molecule has 0 aliphatic rings. The second kappa shape index (κ2) is 5.26. The van der Waals surface area contributed by atoms with E-state index in [0.717, 1.165) is 31.0 Å². The minimum atomic E-state index is 0.745. The van der Waals surface area contributed by atoms with E-state index < -0.39 is 0 Å². The lowest BCUT2D eigenvalue weighted by Gasteiger charge is -2.01. The van der Waals surface area contributed by atoms with Crippen LogP contribution in [0.4, 0.5) is 0 Å². The van der Waals surface area contributed by atoms with Crippen LogP contribution in [0.5, 0.6) is 0 Å². The molecule has 2 aromatic heterocycles. The summed E-state index contributed by atoms with van der Waals surface area (Å²) in [4.78, 5) is 8.16. The Morgan fingerprint density at radius 1 is 1.33 bits per heavy atom. The molecule has 0 aromatic carbocycles. The fraction of sp³-hybridized carbons (Fsp3) is 0.273. The first-order valence-corrected chi connectivity index (χ1v) is 4.93. The molecule has 4 nitrogen and oxygen atoms in total. The molecule has 0 unspecified atom stereocenters. The normalized spacial score (nSPS) is 10.4. The van der Waals surface area contributed by atoms with Crippen molar-refractivity contribution < 1.29 is 4.42 Å². The van der Waals surface area contributed by atoms with Gasteiger partial charge in [-0.2, -0.15) is 0 Å². The fourth-order valence-electron chi connectivity index (χ4n) is 1.30. The molecular formula is C11H13N3O. The molecule has 0 bridgehead atoms. The Bertz CT molecular complexity index is 372. The lowest BCUT2D eigenvalue weighted by molar-refractivity contribution is 0.498. The van der Waals surface area contributed by atoms with Gasteiger partial charge in [0.05, 0.1) is 12.0 Å². The van der Waals surface area contributed by atoms with Gasteiger partial charge < -0.3 is 9.73 Å². The van der Waals surface area contributed by atoms with Gasteiger partial charge in [0.2, 0.25) is 0 Å². The van der Waals surface area contributed by atoms with E-state index in [2.05, 4.69) is 15.3 Å². The third-order valence-corrected chi connectivity index (χ3v) is 2.05. The van der Waals surface area contributed by atoms with Crippen molar-refractivity contribution in [3.8, 4) is 0 Å². The zero-order valence-electron chi connectivity index (χ0n) is 8.39. The quantitative estimate of drug-likeness (QED) is 0.746. The fourth-order valence-corrected chi connectivity index (χ4v) is 1.30. The highest BCUT2D eigenvalue weighted by molar-refractivity contribution is 4.99. The zero-order chi connectivity index (χ0) is 10.3. The summed E-state index contributed by atoms with van der Waals surface area (Å²) in [5.74, 6) is 1.00. The minimum Gasteiger partial charge on any atom is -0.469 e. The summed E-state index contributed by atoms with van der Waals surface area (Å²) >= 11 is 0. The highest BCUT2D eigenvalue weighted by Crippen LogP contribution is 1.99. The first-order valence-electron chi connectivity index (χ1n) is 4.93. The Morgan fingerprint density at radius 2 is 2.33 bits per heavy atom.